The van der Waals surface area contributed by atoms with Crippen molar-refractivity contribution in [3.8, 4) is 0 Å². The molecule has 0 saturated carbocycles. The van der Waals surface area contributed by atoms with Crippen molar-refractivity contribution < 1.29 is 14.5 Å². The van der Waals surface area contributed by atoms with E-state index in [1.165, 1.54) is 6.07 Å². The number of thiophene rings is 1. The zero-order chi connectivity index (χ0) is 18.7. The number of amides is 3. The average Bonchev–Trinajstić information content (AvgIpc) is 3.26. The zero-order valence-electron chi connectivity index (χ0n) is 14.2. The first-order chi connectivity index (χ1) is 12.5. The van der Waals surface area contributed by atoms with Crippen LogP contribution in [0.5, 0.6) is 0 Å². The number of urea groups is 1. The van der Waals surface area contributed by atoms with E-state index in [2.05, 4.69) is 10.6 Å². The molecule has 2 aromatic rings. The van der Waals surface area contributed by atoms with E-state index in [9.17, 15) is 19.7 Å². The molecule has 136 valence electrons. The van der Waals surface area contributed by atoms with Gasteiger partial charge in [0.15, 0.2) is 0 Å². The molecule has 0 radical (unpaired) electrons. The van der Waals surface area contributed by atoms with Crippen molar-refractivity contribution in [2.24, 2.45) is 0 Å². The van der Waals surface area contributed by atoms with Crippen LogP contribution in [0.3, 0.4) is 0 Å². The van der Waals surface area contributed by atoms with Gasteiger partial charge in [-0.05, 0) is 31.9 Å². The molecule has 2 heterocycles. The number of nitro groups is 1. The number of nitrogens with one attached hydrogen (secondary N) is 2. The highest BCUT2D eigenvalue weighted by Crippen LogP contribution is 2.29. The molecule has 1 saturated heterocycles. The lowest BCUT2D eigenvalue weighted by Crippen LogP contribution is -2.32. The number of hydrogen-bond donors (Lipinski definition) is 2. The first kappa shape index (κ1) is 17.9. The summed E-state index contributed by atoms with van der Waals surface area (Å²) in [4.78, 5) is 37.6. The molecular formula is C17H18N4O4S. The molecule has 26 heavy (non-hydrogen) atoms. The van der Waals surface area contributed by atoms with Gasteiger partial charge in [0.1, 0.15) is 0 Å². The molecular weight excluding hydrogens is 356 g/mol. The second-order valence-corrected chi connectivity index (χ2v) is 7.19. The van der Waals surface area contributed by atoms with Crippen LogP contribution in [0.2, 0.25) is 0 Å². The highest BCUT2D eigenvalue weighted by atomic mass is 32.1. The molecule has 0 aliphatic carbocycles. The summed E-state index contributed by atoms with van der Waals surface area (Å²) < 4.78 is 0. The average molecular weight is 374 g/mol. The molecule has 0 unspecified atom stereocenters. The van der Waals surface area contributed by atoms with Gasteiger partial charge >= 0.3 is 6.03 Å². The summed E-state index contributed by atoms with van der Waals surface area (Å²) in [5.41, 5.74) is 0.857. The van der Waals surface area contributed by atoms with Crippen molar-refractivity contribution in [2.75, 3.05) is 23.7 Å². The molecule has 3 amide bonds. The second-order valence-electron chi connectivity index (χ2n) is 5.93. The van der Waals surface area contributed by atoms with Gasteiger partial charge in [0, 0.05) is 19.2 Å². The Balaban J connectivity index is 1.75. The van der Waals surface area contributed by atoms with Gasteiger partial charge in [-0.3, -0.25) is 14.9 Å². The molecule has 1 aliphatic heterocycles. The van der Waals surface area contributed by atoms with E-state index in [0.29, 0.717) is 16.3 Å². The van der Waals surface area contributed by atoms with Crippen LogP contribution >= 0.6 is 11.3 Å². The van der Waals surface area contributed by atoms with E-state index in [4.69, 9.17) is 0 Å². The van der Waals surface area contributed by atoms with Crippen molar-refractivity contribution in [1.82, 2.24) is 4.90 Å². The van der Waals surface area contributed by atoms with Crippen molar-refractivity contribution in [2.45, 2.75) is 19.8 Å². The van der Waals surface area contributed by atoms with Crippen LogP contribution < -0.4 is 10.6 Å². The lowest BCUT2D eigenvalue weighted by molar-refractivity contribution is -0.385. The number of anilines is 2. The monoisotopic (exact) mass is 374 g/mol. The molecule has 0 atom stereocenters. The standard InChI is InChI=1S/C17H18N4O4S/c1-11-14(21(24)25)10-15(26-11)16(22)18-12-6-2-3-7-13(12)19-17(23)20-8-4-5-9-20/h2-3,6-7,10H,4-5,8-9H2,1H3,(H,18,22)(H,19,23). The number of carbonyl (C=O) groups is 2. The first-order valence-electron chi connectivity index (χ1n) is 8.17. The number of benzene rings is 1. The van der Waals surface area contributed by atoms with Crippen LogP contribution in [0.25, 0.3) is 0 Å². The summed E-state index contributed by atoms with van der Waals surface area (Å²) in [6.07, 6.45) is 1.98. The molecule has 1 fully saturated rings. The third-order valence-corrected chi connectivity index (χ3v) is 5.16. The summed E-state index contributed by atoms with van der Waals surface area (Å²) >= 11 is 1.06. The number of nitrogens with zero attached hydrogens (tertiary/aromatic N) is 2. The summed E-state index contributed by atoms with van der Waals surface area (Å²) in [5.74, 6) is -0.450. The summed E-state index contributed by atoms with van der Waals surface area (Å²) in [7, 11) is 0. The van der Waals surface area contributed by atoms with Crippen LogP contribution in [0, 0.1) is 17.0 Å². The largest absolute Gasteiger partial charge is 0.325 e. The fourth-order valence-electron chi connectivity index (χ4n) is 2.77. The maximum Gasteiger partial charge on any atom is 0.321 e. The van der Waals surface area contributed by atoms with Crippen molar-refractivity contribution in [3.05, 3.63) is 50.2 Å². The Labute approximate surface area is 154 Å². The van der Waals surface area contributed by atoms with Crippen LogP contribution in [-0.4, -0.2) is 34.9 Å². The van der Waals surface area contributed by atoms with E-state index in [1.807, 2.05) is 0 Å². The molecule has 8 nitrogen and oxygen atoms in total. The van der Waals surface area contributed by atoms with Gasteiger partial charge in [0.05, 0.1) is 26.1 Å². The quantitative estimate of drug-likeness (QED) is 0.626. The Kier molecular flexibility index (Phi) is 5.17. The van der Waals surface area contributed by atoms with Crippen LogP contribution in [0.1, 0.15) is 27.4 Å². The van der Waals surface area contributed by atoms with E-state index < -0.39 is 10.8 Å². The van der Waals surface area contributed by atoms with Gasteiger partial charge in [-0.15, -0.1) is 11.3 Å². The van der Waals surface area contributed by atoms with Gasteiger partial charge < -0.3 is 15.5 Å². The third-order valence-electron chi connectivity index (χ3n) is 4.12. The van der Waals surface area contributed by atoms with Gasteiger partial charge in [-0.1, -0.05) is 12.1 Å². The minimum absolute atomic E-state index is 0.0734. The summed E-state index contributed by atoms with van der Waals surface area (Å²) in [5, 5.41) is 16.5. The van der Waals surface area contributed by atoms with Crippen molar-refractivity contribution >= 4 is 40.3 Å². The molecule has 1 aliphatic rings. The topological polar surface area (TPSA) is 105 Å². The summed E-state index contributed by atoms with van der Waals surface area (Å²) in [6, 6.07) is 7.93. The lowest BCUT2D eigenvalue weighted by atomic mass is 10.2. The number of aryl methyl sites for hydroxylation is 1. The number of para-hydroxylation sites is 2. The highest BCUT2D eigenvalue weighted by molar-refractivity contribution is 7.14. The first-order valence-corrected chi connectivity index (χ1v) is 8.98. The molecule has 9 heteroatoms. The predicted molar refractivity (Wildman–Crippen MR) is 99.9 cm³/mol. The van der Waals surface area contributed by atoms with E-state index in [-0.39, 0.29) is 16.6 Å². The molecule has 1 aromatic carbocycles. The van der Waals surface area contributed by atoms with Gasteiger partial charge in [-0.2, -0.15) is 0 Å². The third kappa shape index (κ3) is 3.83. The maximum atomic E-state index is 12.5. The van der Waals surface area contributed by atoms with Crippen molar-refractivity contribution in [3.63, 3.8) is 0 Å². The summed E-state index contributed by atoms with van der Waals surface area (Å²) in [6.45, 7) is 3.04. The maximum absolute atomic E-state index is 12.5. The van der Waals surface area contributed by atoms with E-state index in [0.717, 1.165) is 37.3 Å². The molecule has 0 spiro atoms. The van der Waals surface area contributed by atoms with Crippen LogP contribution in [0.4, 0.5) is 21.9 Å². The lowest BCUT2D eigenvalue weighted by Gasteiger charge is -2.18. The molecule has 3 rings (SSSR count). The fourth-order valence-corrected chi connectivity index (χ4v) is 3.65. The van der Waals surface area contributed by atoms with E-state index >= 15 is 0 Å². The highest BCUT2D eigenvalue weighted by Gasteiger charge is 2.21. The smallest absolute Gasteiger partial charge is 0.321 e. The Morgan fingerprint density at radius 2 is 1.77 bits per heavy atom. The zero-order valence-corrected chi connectivity index (χ0v) is 15.0. The minimum atomic E-state index is -0.507. The fraction of sp³-hybridized carbons (Fsp3) is 0.294. The molecule has 0 bridgehead atoms. The molecule has 1 aromatic heterocycles. The Hall–Kier alpha value is -2.94. The SMILES string of the molecule is Cc1sc(C(=O)Nc2ccccc2NC(=O)N2CCCC2)cc1[N+](=O)[O-]. The van der Waals surface area contributed by atoms with Crippen LogP contribution in [0.15, 0.2) is 30.3 Å². The second kappa shape index (κ2) is 7.52. The Morgan fingerprint density at radius 1 is 1.15 bits per heavy atom. The number of likely N-dealkylation sites (tertiary alicyclic amines) is 1. The number of hydrogen-bond acceptors (Lipinski definition) is 5. The van der Waals surface area contributed by atoms with Gasteiger partial charge in [0.25, 0.3) is 11.6 Å². The Morgan fingerprint density at radius 3 is 2.35 bits per heavy atom. The predicted octanol–water partition coefficient (Wildman–Crippen LogP) is 3.84. The minimum Gasteiger partial charge on any atom is -0.325 e. The number of rotatable bonds is 4. The van der Waals surface area contributed by atoms with Crippen LogP contribution in [-0.2, 0) is 0 Å². The number of carbonyl (C=O) groups excluding carboxylic acids is 2. The van der Waals surface area contributed by atoms with Gasteiger partial charge in [-0.25, -0.2) is 4.79 Å². The molecule has 2 N–H and O–H groups in total. The van der Waals surface area contributed by atoms with Crippen molar-refractivity contribution in [1.29, 1.82) is 0 Å². The van der Waals surface area contributed by atoms with E-state index in [1.54, 1.807) is 36.1 Å². The van der Waals surface area contributed by atoms with Gasteiger partial charge in [0.2, 0.25) is 0 Å². The Bertz CT molecular complexity index is 858. The normalized spacial score (nSPS) is 13.5.